The quantitative estimate of drug-likeness (QED) is 0.380. The van der Waals surface area contributed by atoms with E-state index in [-0.39, 0.29) is 5.78 Å². The number of allylic oxidation sites excluding steroid dienone is 5. The molecule has 0 saturated carbocycles. The van der Waals surface area contributed by atoms with E-state index in [0.717, 1.165) is 23.3 Å². The molecule has 0 aliphatic carbocycles. The van der Waals surface area contributed by atoms with Crippen molar-refractivity contribution in [2.75, 3.05) is 20.6 Å². The van der Waals surface area contributed by atoms with Gasteiger partial charge in [-0.15, -0.1) is 0 Å². The first kappa shape index (κ1) is 34.2. The highest BCUT2D eigenvalue weighted by atomic mass is 16.1. The SMILES string of the molecule is C=C(C)/C=C(\C=C(C)C)C(=O)CCN(C)C.CC.CC.CC.CC. The fourth-order valence-corrected chi connectivity index (χ4v) is 1.25. The van der Waals surface area contributed by atoms with Crippen LogP contribution in [0.1, 0.15) is 82.6 Å². The Labute approximate surface area is 154 Å². The van der Waals surface area contributed by atoms with Crippen LogP contribution < -0.4 is 0 Å². The smallest absolute Gasteiger partial charge is 0.164 e. The van der Waals surface area contributed by atoms with Crippen LogP contribution in [-0.4, -0.2) is 31.3 Å². The number of carbonyl (C=O) groups is 1. The first-order valence-corrected chi connectivity index (χ1v) is 9.53. The molecule has 0 aliphatic heterocycles. The van der Waals surface area contributed by atoms with Crippen molar-refractivity contribution in [3.05, 3.63) is 35.5 Å². The van der Waals surface area contributed by atoms with Gasteiger partial charge in [-0.05, 0) is 40.9 Å². The van der Waals surface area contributed by atoms with Crippen LogP contribution in [0, 0.1) is 0 Å². The van der Waals surface area contributed by atoms with Gasteiger partial charge in [-0.1, -0.05) is 79.2 Å². The highest BCUT2D eigenvalue weighted by molar-refractivity contribution is 5.98. The third-order valence-electron chi connectivity index (χ3n) is 1.95. The zero-order valence-electron chi connectivity index (χ0n) is 19.1. The van der Waals surface area contributed by atoms with Gasteiger partial charge >= 0.3 is 0 Å². The van der Waals surface area contributed by atoms with E-state index in [4.69, 9.17) is 0 Å². The average Bonchev–Trinajstić information content (AvgIpc) is 2.58. The molecule has 146 valence electrons. The van der Waals surface area contributed by atoms with E-state index in [1.807, 2.05) is 107 Å². The van der Waals surface area contributed by atoms with Crippen molar-refractivity contribution in [3.8, 4) is 0 Å². The predicted molar refractivity (Wildman–Crippen MR) is 116 cm³/mol. The first-order valence-electron chi connectivity index (χ1n) is 9.53. The molecule has 0 fully saturated rings. The number of nitrogens with zero attached hydrogens (tertiary/aromatic N) is 1. The maximum atomic E-state index is 11.9. The Morgan fingerprint density at radius 3 is 1.46 bits per heavy atom. The van der Waals surface area contributed by atoms with Gasteiger partial charge in [0.15, 0.2) is 5.78 Å². The molecule has 0 aromatic carbocycles. The largest absolute Gasteiger partial charge is 0.309 e. The van der Waals surface area contributed by atoms with Crippen molar-refractivity contribution >= 4 is 5.78 Å². The predicted octanol–water partition coefficient (Wildman–Crippen LogP) is 7.08. The molecule has 0 N–H and O–H groups in total. The van der Waals surface area contributed by atoms with Gasteiger partial charge in [-0.3, -0.25) is 4.79 Å². The van der Waals surface area contributed by atoms with Gasteiger partial charge in [0.25, 0.3) is 0 Å². The van der Waals surface area contributed by atoms with Crippen LogP contribution in [0.15, 0.2) is 35.5 Å². The van der Waals surface area contributed by atoms with E-state index in [1.54, 1.807) is 0 Å². The summed E-state index contributed by atoms with van der Waals surface area (Å²) >= 11 is 0. The molecule has 24 heavy (non-hydrogen) atoms. The van der Waals surface area contributed by atoms with E-state index in [9.17, 15) is 4.79 Å². The van der Waals surface area contributed by atoms with Crippen molar-refractivity contribution in [1.82, 2.24) is 4.90 Å². The second-order valence-corrected chi connectivity index (χ2v) is 4.64. The summed E-state index contributed by atoms with van der Waals surface area (Å²) in [4.78, 5) is 14.0. The highest BCUT2D eigenvalue weighted by Crippen LogP contribution is 2.09. The number of hydrogen-bond donors (Lipinski definition) is 0. The number of hydrogen-bond acceptors (Lipinski definition) is 2. The van der Waals surface area contributed by atoms with Gasteiger partial charge in [0.2, 0.25) is 0 Å². The van der Waals surface area contributed by atoms with Gasteiger partial charge in [0.05, 0.1) is 0 Å². The molecule has 0 aliphatic rings. The number of Topliss-reactive ketones (excluding diaryl/α,β-unsaturated/α-hetero) is 1. The maximum Gasteiger partial charge on any atom is 0.164 e. The van der Waals surface area contributed by atoms with Gasteiger partial charge in [-0.25, -0.2) is 0 Å². The Bertz CT molecular complexity index is 319. The molecule has 0 heterocycles. The third kappa shape index (κ3) is 32.7. The summed E-state index contributed by atoms with van der Waals surface area (Å²) < 4.78 is 0. The number of carbonyl (C=O) groups excluding carboxylic acids is 1. The number of rotatable bonds is 6. The lowest BCUT2D eigenvalue weighted by molar-refractivity contribution is -0.115. The summed E-state index contributed by atoms with van der Waals surface area (Å²) in [6, 6.07) is 0. The van der Waals surface area contributed by atoms with E-state index in [1.165, 1.54) is 0 Å². The van der Waals surface area contributed by atoms with Crippen molar-refractivity contribution < 1.29 is 4.79 Å². The van der Waals surface area contributed by atoms with Crippen LogP contribution in [0.4, 0.5) is 0 Å². The molecule has 2 heteroatoms. The second-order valence-electron chi connectivity index (χ2n) is 4.64. The molecule has 2 nitrogen and oxygen atoms in total. The van der Waals surface area contributed by atoms with E-state index >= 15 is 0 Å². The van der Waals surface area contributed by atoms with Crippen molar-refractivity contribution in [2.24, 2.45) is 0 Å². The molecule has 0 amide bonds. The minimum Gasteiger partial charge on any atom is -0.309 e. The minimum absolute atomic E-state index is 0.179. The molecule has 0 unspecified atom stereocenters. The van der Waals surface area contributed by atoms with E-state index < -0.39 is 0 Å². The molecule has 0 rings (SSSR count). The Hall–Kier alpha value is -1.15. The lowest BCUT2D eigenvalue weighted by atomic mass is 10.0. The molecule has 0 spiro atoms. The monoisotopic (exact) mass is 341 g/mol. The van der Waals surface area contributed by atoms with Crippen LogP contribution in [0.5, 0.6) is 0 Å². The molecule has 0 radical (unpaired) electrons. The lowest BCUT2D eigenvalue weighted by Crippen LogP contribution is -2.17. The zero-order chi connectivity index (χ0) is 20.7. The molecule has 0 aromatic rings. The Morgan fingerprint density at radius 2 is 1.21 bits per heavy atom. The molecule has 0 atom stereocenters. The molecule has 0 bridgehead atoms. The van der Waals surface area contributed by atoms with Crippen LogP contribution in [-0.2, 0) is 4.79 Å². The average molecular weight is 342 g/mol. The Kier molecular flexibility index (Phi) is 42.5. The lowest BCUT2D eigenvalue weighted by Gasteiger charge is -2.09. The van der Waals surface area contributed by atoms with E-state index in [2.05, 4.69) is 6.58 Å². The maximum absolute atomic E-state index is 11.9. The third-order valence-corrected chi connectivity index (χ3v) is 1.95. The van der Waals surface area contributed by atoms with Crippen molar-refractivity contribution in [1.29, 1.82) is 0 Å². The summed E-state index contributed by atoms with van der Waals surface area (Å²) in [6.45, 7) is 26.5. The molecular formula is C22H47NO. The zero-order valence-corrected chi connectivity index (χ0v) is 19.1. The van der Waals surface area contributed by atoms with Crippen LogP contribution in [0.25, 0.3) is 0 Å². The minimum atomic E-state index is 0.179. The fourth-order valence-electron chi connectivity index (χ4n) is 1.25. The van der Waals surface area contributed by atoms with E-state index in [0.29, 0.717) is 6.42 Å². The topological polar surface area (TPSA) is 20.3 Å². The highest BCUT2D eigenvalue weighted by Gasteiger charge is 2.07. The number of ketones is 1. The van der Waals surface area contributed by atoms with Crippen LogP contribution >= 0.6 is 0 Å². The Balaban J connectivity index is -0.000000130. The summed E-state index contributed by atoms with van der Waals surface area (Å²) in [5.41, 5.74) is 2.80. The second kappa shape index (κ2) is 29.8. The van der Waals surface area contributed by atoms with Crippen molar-refractivity contribution in [3.63, 3.8) is 0 Å². The first-order chi connectivity index (χ1) is 11.3. The summed E-state index contributed by atoms with van der Waals surface area (Å²) in [5.74, 6) is 0.179. The van der Waals surface area contributed by atoms with Crippen LogP contribution in [0.3, 0.4) is 0 Å². The van der Waals surface area contributed by atoms with Gasteiger partial charge in [-0.2, -0.15) is 0 Å². The Morgan fingerprint density at radius 1 is 0.833 bits per heavy atom. The summed E-state index contributed by atoms with van der Waals surface area (Å²) in [7, 11) is 3.94. The van der Waals surface area contributed by atoms with Gasteiger partial charge in [0, 0.05) is 18.5 Å². The molecule has 0 aromatic heterocycles. The fraction of sp³-hybridized carbons (Fsp3) is 0.682. The van der Waals surface area contributed by atoms with Gasteiger partial charge in [0.1, 0.15) is 0 Å². The summed E-state index contributed by atoms with van der Waals surface area (Å²) in [6.07, 6.45) is 4.33. The standard InChI is InChI=1S/C14H23NO.4C2H6/c1-11(2)9-13(10-12(3)4)14(16)7-8-15(5)6;4*1-2/h9-10H,1,7-8H2,2-6H3;4*1-2H3/b13-9+;;;;. The van der Waals surface area contributed by atoms with Gasteiger partial charge < -0.3 is 4.90 Å². The van der Waals surface area contributed by atoms with Crippen LogP contribution in [0.2, 0.25) is 0 Å². The summed E-state index contributed by atoms with van der Waals surface area (Å²) in [5, 5.41) is 0. The molecule has 0 saturated heterocycles. The normalized spacial score (nSPS) is 8.67. The van der Waals surface area contributed by atoms with Crippen molar-refractivity contribution in [2.45, 2.75) is 82.6 Å². The molecular weight excluding hydrogens is 294 g/mol.